The van der Waals surface area contributed by atoms with Crippen LogP contribution in [0.5, 0.6) is 0 Å². The summed E-state index contributed by atoms with van der Waals surface area (Å²) in [6, 6.07) is 8.59. The van der Waals surface area contributed by atoms with Crippen LogP contribution in [0, 0.1) is 0 Å². The Morgan fingerprint density at radius 1 is 1.14 bits per heavy atom. The molecule has 1 heterocycles. The summed E-state index contributed by atoms with van der Waals surface area (Å²) in [5, 5.41) is 4.16. The number of rotatable bonds is 5. The first-order valence-electron chi connectivity index (χ1n) is 7.74. The molecule has 1 aliphatic carbocycles. The number of hydrogen-bond donors (Lipinski definition) is 1. The molecule has 5 heteroatoms. The highest BCUT2D eigenvalue weighted by atomic mass is 35.5. The molecule has 1 aromatic carbocycles. The Hall–Kier alpha value is -1.26. The normalized spacial score (nSPS) is 18.9. The first-order chi connectivity index (χ1) is 10.2. The van der Waals surface area contributed by atoms with E-state index in [9.17, 15) is 4.79 Å². The molecule has 2 aliphatic rings. The molecule has 1 aromatic rings. The summed E-state index contributed by atoms with van der Waals surface area (Å²) in [6.07, 6.45) is 3.17. The van der Waals surface area contributed by atoms with Crippen LogP contribution < -0.4 is 10.2 Å². The fraction of sp³-hybridized carbons (Fsp3) is 0.562. The Bertz CT molecular complexity index is 479. The van der Waals surface area contributed by atoms with Crippen LogP contribution in [0.3, 0.4) is 0 Å². The van der Waals surface area contributed by atoms with E-state index in [1.807, 2.05) is 29.2 Å². The molecule has 1 amide bonds. The van der Waals surface area contributed by atoms with Crippen molar-refractivity contribution in [2.24, 2.45) is 0 Å². The topological polar surface area (TPSA) is 35.6 Å². The monoisotopic (exact) mass is 307 g/mol. The van der Waals surface area contributed by atoms with Crippen molar-refractivity contribution in [3.63, 3.8) is 0 Å². The lowest BCUT2D eigenvalue weighted by molar-refractivity contribution is -0.131. The van der Waals surface area contributed by atoms with E-state index in [0.717, 1.165) is 37.7 Å². The van der Waals surface area contributed by atoms with Gasteiger partial charge >= 0.3 is 0 Å². The molecule has 0 radical (unpaired) electrons. The number of amides is 1. The molecule has 4 nitrogen and oxygen atoms in total. The molecule has 1 saturated carbocycles. The minimum Gasteiger partial charge on any atom is -0.368 e. The van der Waals surface area contributed by atoms with E-state index in [4.69, 9.17) is 11.6 Å². The lowest BCUT2D eigenvalue weighted by atomic mass is 10.2. The smallest absolute Gasteiger partial charge is 0.223 e. The largest absolute Gasteiger partial charge is 0.368 e. The zero-order valence-electron chi connectivity index (χ0n) is 12.2. The average Bonchev–Trinajstić information content (AvgIpc) is 3.32. The third-order valence-electron chi connectivity index (χ3n) is 4.17. The van der Waals surface area contributed by atoms with E-state index in [2.05, 4.69) is 10.2 Å². The number of halogens is 1. The Morgan fingerprint density at radius 2 is 1.81 bits per heavy atom. The third kappa shape index (κ3) is 4.11. The van der Waals surface area contributed by atoms with Gasteiger partial charge < -0.3 is 15.1 Å². The van der Waals surface area contributed by atoms with Crippen molar-refractivity contribution in [2.75, 3.05) is 37.6 Å². The van der Waals surface area contributed by atoms with Gasteiger partial charge in [0.15, 0.2) is 0 Å². The highest BCUT2D eigenvalue weighted by Gasteiger charge is 2.23. The number of piperazine rings is 1. The predicted octanol–water partition coefficient (Wildman–Crippen LogP) is 2.13. The number of nitrogens with one attached hydrogen (secondary N) is 1. The molecule has 114 valence electrons. The first-order valence-corrected chi connectivity index (χ1v) is 8.12. The van der Waals surface area contributed by atoms with Gasteiger partial charge in [-0.15, -0.1) is 0 Å². The second kappa shape index (κ2) is 6.67. The zero-order chi connectivity index (χ0) is 14.7. The van der Waals surface area contributed by atoms with Crippen LogP contribution in [-0.4, -0.2) is 49.6 Å². The average molecular weight is 308 g/mol. The van der Waals surface area contributed by atoms with Gasteiger partial charge in [-0.1, -0.05) is 11.6 Å². The van der Waals surface area contributed by atoms with Crippen molar-refractivity contribution in [1.82, 2.24) is 10.2 Å². The maximum Gasteiger partial charge on any atom is 0.223 e. The highest BCUT2D eigenvalue weighted by Crippen LogP contribution is 2.20. The van der Waals surface area contributed by atoms with Gasteiger partial charge in [-0.2, -0.15) is 0 Å². The molecule has 0 aromatic heterocycles. The molecule has 0 bridgehead atoms. The SMILES string of the molecule is O=C(CCNC1CC1)N1CCN(c2ccc(Cl)cc2)CC1. The Morgan fingerprint density at radius 3 is 2.43 bits per heavy atom. The molecule has 3 rings (SSSR count). The molecule has 0 spiro atoms. The quantitative estimate of drug-likeness (QED) is 0.905. The molecule has 21 heavy (non-hydrogen) atoms. The Labute approximate surface area is 131 Å². The number of nitrogens with zero attached hydrogens (tertiary/aromatic N) is 2. The molecule has 0 atom stereocenters. The van der Waals surface area contributed by atoms with Crippen molar-refractivity contribution in [2.45, 2.75) is 25.3 Å². The van der Waals surface area contributed by atoms with Gasteiger partial charge in [-0.05, 0) is 37.1 Å². The van der Waals surface area contributed by atoms with Gasteiger partial charge in [0, 0.05) is 55.9 Å². The van der Waals surface area contributed by atoms with Crippen molar-refractivity contribution in [3.05, 3.63) is 29.3 Å². The van der Waals surface area contributed by atoms with E-state index in [1.165, 1.54) is 18.5 Å². The van der Waals surface area contributed by atoms with E-state index < -0.39 is 0 Å². The summed E-state index contributed by atoms with van der Waals surface area (Å²) in [6.45, 7) is 4.23. The summed E-state index contributed by atoms with van der Waals surface area (Å²) < 4.78 is 0. The lowest BCUT2D eigenvalue weighted by Gasteiger charge is -2.36. The molecule has 2 fully saturated rings. The maximum absolute atomic E-state index is 12.1. The van der Waals surface area contributed by atoms with Crippen LogP contribution in [0.15, 0.2) is 24.3 Å². The number of anilines is 1. The maximum atomic E-state index is 12.1. The summed E-state index contributed by atoms with van der Waals surface area (Å²) >= 11 is 5.91. The summed E-state index contributed by atoms with van der Waals surface area (Å²) in [4.78, 5) is 16.4. The van der Waals surface area contributed by atoms with Crippen LogP contribution >= 0.6 is 11.6 Å². The Balaban J connectivity index is 1.43. The van der Waals surface area contributed by atoms with Crippen LogP contribution in [-0.2, 0) is 4.79 Å². The fourth-order valence-corrected chi connectivity index (χ4v) is 2.82. The minimum atomic E-state index is 0.277. The molecular formula is C16H22ClN3O. The molecular weight excluding hydrogens is 286 g/mol. The van der Waals surface area contributed by atoms with Crippen LogP contribution in [0.2, 0.25) is 5.02 Å². The predicted molar refractivity (Wildman–Crippen MR) is 85.9 cm³/mol. The van der Waals surface area contributed by atoms with Gasteiger partial charge in [0.1, 0.15) is 0 Å². The first kappa shape index (κ1) is 14.7. The third-order valence-corrected chi connectivity index (χ3v) is 4.43. The minimum absolute atomic E-state index is 0.277. The van der Waals surface area contributed by atoms with Gasteiger partial charge in [0.25, 0.3) is 0 Å². The highest BCUT2D eigenvalue weighted by molar-refractivity contribution is 6.30. The van der Waals surface area contributed by atoms with E-state index in [0.29, 0.717) is 12.5 Å². The second-order valence-corrected chi connectivity index (χ2v) is 6.26. The molecule has 1 N–H and O–H groups in total. The van der Waals surface area contributed by atoms with Gasteiger partial charge in [-0.25, -0.2) is 0 Å². The summed E-state index contributed by atoms with van der Waals surface area (Å²) in [5.74, 6) is 0.277. The van der Waals surface area contributed by atoms with Crippen LogP contribution in [0.25, 0.3) is 0 Å². The Kier molecular flexibility index (Phi) is 4.66. The number of benzene rings is 1. The van der Waals surface area contributed by atoms with E-state index >= 15 is 0 Å². The number of hydrogen-bond acceptors (Lipinski definition) is 3. The molecule has 1 aliphatic heterocycles. The van der Waals surface area contributed by atoms with Gasteiger partial charge in [0.05, 0.1) is 0 Å². The van der Waals surface area contributed by atoms with E-state index in [1.54, 1.807) is 0 Å². The van der Waals surface area contributed by atoms with Crippen molar-refractivity contribution in [1.29, 1.82) is 0 Å². The molecule has 0 unspecified atom stereocenters. The molecule has 1 saturated heterocycles. The van der Waals surface area contributed by atoms with Gasteiger partial charge in [0.2, 0.25) is 5.91 Å². The van der Waals surface area contributed by atoms with E-state index in [-0.39, 0.29) is 5.91 Å². The lowest BCUT2D eigenvalue weighted by Crippen LogP contribution is -2.49. The summed E-state index contributed by atoms with van der Waals surface area (Å²) in [5.41, 5.74) is 1.18. The van der Waals surface area contributed by atoms with Crippen molar-refractivity contribution >= 4 is 23.2 Å². The van der Waals surface area contributed by atoms with Gasteiger partial charge in [-0.3, -0.25) is 4.79 Å². The summed E-state index contributed by atoms with van der Waals surface area (Å²) in [7, 11) is 0. The standard InChI is InChI=1S/C16H22ClN3O/c17-13-1-5-15(6-2-13)19-9-11-20(12-10-19)16(21)7-8-18-14-3-4-14/h1-2,5-6,14,18H,3-4,7-12H2. The van der Waals surface area contributed by atoms with Crippen LogP contribution in [0.1, 0.15) is 19.3 Å². The van der Waals surface area contributed by atoms with Crippen molar-refractivity contribution in [3.8, 4) is 0 Å². The fourth-order valence-electron chi connectivity index (χ4n) is 2.69. The number of carbonyl (C=O) groups excluding carboxylic acids is 1. The van der Waals surface area contributed by atoms with Crippen molar-refractivity contribution < 1.29 is 4.79 Å². The van der Waals surface area contributed by atoms with Crippen LogP contribution in [0.4, 0.5) is 5.69 Å². The second-order valence-electron chi connectivity index (χ2n) is 5.82. The zero-order valence-corrected chi connectivity index (χ0v) is 13.0. The number of carbonyl (C=O) groups is 1.